The van der Waals surface area contributed by atoms with E-state index in [1.807, 2.05) is 115 Å². The maximum absolute atomic E-state index is 14.5. The van der Waals surface area contributed by atoms with Gasteiger partial charge in [-0.2, -0.15) is 0 Å². The van der Waals surface area contributed by atoms with Crippen molar-refractivity contribution in [2.75, 3.05) is 13.2 Å². The summed E-state index contributed by atoms with van der Waals surface area (Å²) in [6, 6.07) is 36.6. The van der Waals surface area contributed by atoms with E-state index >= 15 is 0 Å². The number of benzene rings is 5. The Balaban J connectivity index is 1.18. The highest BCUT2D eigenvalue weighted by molar-refractivity contribution is 5.96. The lowest BCUT2D eigenvalue weighted by atomic mass is 10.0. The number of nitrogens with two attached hydrogens (primary N) is 2. The van der Waals surface area contributed by atoms with Crippen molar-refractivity contribution in [1.82, 2.24) is 31.6 Å². The molecule has 0 spiro atoms. The van der Waals surface area contributed by atoms with Gasteiger partial charge >= 0.3 is 6.09 Å². The van der Waals surface area contributed by atoms with E-state index in [1.165, 1.54) is 6.92 Å². The van der Waals surface area contributed by atoms with E-state index in [4.69, 9.17) is 25.7 Å². The average molecular weight is 953 g/mol. The molecule has 6 amide bonds. The number of hydrogen-bond donors (Lipinski definition) is 8. The number of aromatic amines is 1. The van der Waals surface area contributed by atoms with E-state index in [2.05, 4.69) is 31.6 Å². The van der Waals surface area contributed by atoms with Crippen LogP contribution < -0.4 is 42.8 Å². The van der Waals surface area contributed by atoms with Crippen LogP contribution in [0.1, 0.15) is 47.6 Å². The van der Waals surface area contributed by atoms with Gasteiger partial charge in [-0.25, -0.2) is 4.79 Å². The SMILES string of the molecule is C[C@H](NC(=O)[C@@H](Cc1c[nH]c2ccccc12)NC(=O)[C@@H](COCc1ccccc1)NC(=O)[C@@H](Cc1ccc(OCc2ccccc2)cc1)NC(=O)C(N)CCCNC(=O)OCc1ccccc1)C(N)=O. The molecule has 0 bridgehead atoms. The van der Waals surface area contributed by atoms with E-state index in [1.54, 1.807) is 30.5 Å². The third kappa shape index (κ3) is 16.3. The largest absolute Gasteiger partial charge is 0.489 e. The summed E-state index contributed by atoms with van der Waals surface area (Å²) in [5, 5.41) is 14.4. The number of aromatic nitrogens is 1. The van der Waals surface area contributed by atoms with Crippen LogP contribution >= 0.6 is 0 Å². The summed E-state index contributed by atoms with van der Waals surface area (Å²) in [5.74, 6) is -3.03. The van der Waals surface area contributed by atoms with Crippen LogP contribution in [0.4, 0.5) is 4.79 Å². The number of alkyl carbamates (subject to hydrolysis) is 1. The molecule has 5 aromatic carbocycles. The number of ether oxygens (including phenoxy) is 3. The Labute approximate surface area is 406 Å². The molecule has 0 aliphatic carbocycles. The second-order valence-corrected chi connectivity index (χ2v) is 16.7. The summed E-state index contributed by atoms with van der Waals surface area (Å²) < 4.78 is 17.2. The molecule has 0 saturated carbocycles. The molecule has 70 heavy (non-hydrogen) atoms. The Morgan fingerprint density at radius 2 is 1.13 bits per heavy atom. The molecule has 10 N–H and O–H groups in total. The zero-order valence-corrected chi connectivity index (χ0v) is 38.9. The van der Waals surface area contributed by atoms with Gasteiger partial charge in [0.15, 0.2) is 0 Å². The van der Waals surface area contributed by atoms with Crippen molar-refractivity contribution in [2.45, 2.75) is 82.6 Å². The standard InChI is InChI=1S/C53H60N8O9/c1-35(48(55)62)58-50(64)46(29-40-30-57-44-22-12-11-20-42(40)44)60-52(66)47(34-68-31-37-14-5-2-6-15-37)61-51(65)45(28-36-23-25-41(26-24-36)69-32-38-16-7-3-8-17-38)59-49(63)43(54)21-13-27-56-53(67)70-33-39-18-9-4-10-19-39/h2-12,14-20,22-26,30,35,43,45-47,57H,13,21,27-29,31-34,54H2,1H3,(H2,55,62)(H,56,67)(H,58,64)(H,59,63)(H,60,66)(H,61,65)/t35-,43?,45+,46+,47+/m0/s1. The Bertz CT molecular complexity index is 2630. The number of nitrogens with one attached hydrogen (secondary N) is 6. The number of rotatable bonds is 26. The normalized spacial score (nSPS) is 13.1. The highest BCUT2D eigenvalue weighted by Gasteiger charge is 2.32. The van der Waals surface area contributed by atoms with Crippen molar-refractivity contribution in [1.29, 1.82) is 0 Å². The van der Waals surface area contributed by atoms with Gasteiger partial charge in [-0.1, -0.05) is 121 Å². The van der Waals surface area contributed by atoms with E-state index in [0.29, 0.717) is 29.9 Å². The van der Waals surface area contributed by atoms with Crippen LogP contribution in [0.2, 0.25) is 0 Å². The molecule has 5 atom stereocenters. The summed E-state index contributed by atoms with van der Waals surface area (Å²) in [6.07, 6.45) is 1.57. The first-order valence-corrected chi connectivity index (χ1v) is 23.0. The molecule has 366 valence electrons. The predicted molar refractivity (Wildman–Crippen MR) is 263 cm³/mol. The van der Waals surface area contributed by atoms with Gasteiger partial charge < -0.3 is 57.2 Å². The minimum absolute atomic E-state index is 0.00459. The Hall–Kier alpha value is -8.02. The quantitative estimate of drug-likeness (QED) is 0.0359. The highest BCUT2D eigenvalue weighted by Crippen LogP contribution is 2.20. The maximum Gasteiger partial charge on any atom is 0.407 e. The fourth-order valence-corrected chi connectivity index (χ4v) is 7.32. The van der Waals surface area contributed by atoms with Crippen LogP contribution in [-0.2, 0) is 66.1 Å². The second kappa shape index (κ2) is 26.5. The monoisotopic (exact) mass is 952 g/mol. The summed E-state index contributed by atoms with van der Waals surface area (Å²) in [6.45, 7) is 1.80. The molecule has 0 radical (unpaired) electrons. The number of carbonyl (C=O) groups is 6. The van der Waals surface area contributed by atoms with Gasteiger partial charge in [-0.05, 0) is 65.8 Å². The number of H-pyrrole nitrogens is 1. The van der Waals surface area contributed by atoms with Gasteiger partial charge in [0.2, 0.25) is 29.5 Å². The van der Waals surface area contributed by atoms with Crippen molar-refractivity contribution in [3.8, 4) is 5.75 Å². The minimum atomic E-state index is -1.39. The number of fused-ring (bicyclic) bond motifs is 1. The van der Waals surface area contributed by atoms with E-state index in [9.17, 15) is 28.8 Å². The first kappa shape index (κ1) is 51.4. The van der Waals surface area contributed by atoms with Crippen molar-refractivity contribution in [3.63, 3.8) is 0 Å². The Morgan fingerprint density at radius 1 is 0.586 bits per heavy atom. The third-order valence-corrected chi connectivity index (χ3v) is 11.3. The number of para-hydroxylation sites is 1. The number of carbonyl (C=O) groups excluding carboxylic acids is 6. The fourth-order valence-electron chi connectivity index (χ4n) is 7.32. The van der Waals surface area contributed by atoms with Gasteiger partial charge in [0.25, 0.3) is 0 Å². The Morgan fingerprint density at radius 3 is 1.79 bits per heavy atom. The number of amides is 6. The molecule has 6 aromatic rings. The molecule has 17 heteroatoms. The van der Waals surface area contributed by atoms with Crippen LogP contribution in [0.5, 0.6) is 5.75 Å². The zero-order valence-electron chi connectivity index (χ0n) is 38.9. The van der Waals surface area contributed by atoms with E-state index in [-0.39, 0.29) is 45.6 Å². The van der Waals surface area contributed by atoms with Crippen molar-refractivity contribution in [2.24, 2.45) is 11.5 Å². The molecule has 0 saturated heterocycles. The van der Waals surface area contributed by atoms with Crippen molar-refractivity contribution < 1.29 is 43.0 Å². The van der Waals surface area contributed by atoms with Gasteiger partial charge in [0, 0.05) is 36.5 Å². The van der Waals surface area contributed by atoms with Crippen LogP contribution in [0.25, 0.3) is 10.9 Å². The van der Waals surface area contributed by atoms with Gasteiger partial charge in [0.05, 0.1) is 19.3 Å². The highest BCUT2D eigenvalue weighted by atomic mass is 16.5. The molecule has 1 heterocycles. The van der Waals surface area contributed by atoms with E-state index in [0.717, 1.165) is 27.6 Å². The number of primary amides is 1. The lowest BCUT2D eigenvalue weighted by Gasteiger charge is -2.26. The first-order chi connectivity index (χ1) is 33.9. The summed E-state index contributed by atoms with van der Waals surface area (Å²) in [4.78, 5) is 83.9. The van der Waals surface area contributed by atoms with Crippen LogP contribution in [0.3, 0.4) is 0 Å². The van der Waals surface area contributed by atoms with Gasteiger partial charge in [-0.3, -0.25) is 24.0 Å². The van der Waals surface area contributed by atoms with E-state index < -0.39 is 65.8 Å². The van der Waals surface area contributed by atoms with Crippen LogP contribution in [0.15, 0.2) is 146 Å². The second-order valence-electron chi connectivity index (χ2n) is 16.7. The minimum Gasteiger partial charge on any atom is -0.489 e. The maximum atomic E-state index is 14.5. The molecule has 0 aliphatic rings. The summed E-state index contributed by atoms with van der Waals surface area (Å²) in [7, 11) is 0. The molecule has 6 rings (SSSR count). The van der Waals surface area contributed by atoms with Crippen LogP contribution in [-0.4, -0.2) is 84.0 Å². The molecule has 1 aromatic heterocycles. The van der Waals surface area contributed by atoms with Crippen molar-refractivity contribution >= 4 is 46.5 Å². The molecular weight excluding hydrogens is 893 g/mol. The first-order valence-electron chi connectivity index (χ1n) is 23.0. The molecule has 0 aliphatic heterocycles. The molecule has 17 nitrogen and oxygen atoms in total. The topological polar surface area (TPSA) is 258 Å². The predicted octanol–water partition coefficient (Wildman–Crippen LogP) is 4.23. The molecular formula is C53H60N8O9. The fraction of sp³-hybridized carbons (Fsp3) is 0.283. The third-order valence-electron chi connectivity index (χ3n) is 11.3. The number of hydrogen-bond acceptors (Lipinski definition) is 10. The smallest absolute Gasteiger partial charge is 0.407 e. The zero-order chi connectivity index (χ0) is 49.7. The lowest BCUT2D eigenvalue weighted by molar-refractivity contribution is -0.135. The van der Waals surface area contributed by atoms with Crippen molar-refractivity contribution in [3.05, 3.63) is 174 Å². The molecule has 1 unspecified atom stereocenters. The van der Waals surface area contributed by atoms with Gasteiger partial charge in [-0.15, -0.1) is 0 Å². The summed E-state index contributed by atoms with van der Waals surface area (Å²) >= 11 is 0. The average Bonchev–Trinajstić information content (AvgIpc) is 3.79. The van der Waals surface area contributed by atoms with Crippen LogP contribution in [0, 0.1) is 0 Å². The Kier molecular flexibility index (Phi) is 19.5. The molecule has 0 fully saturated rings. The lowest BCUT2D eigenvalue weighted by Crippen LogP contribution is -2.60. The van der Waals surface area contributed by atoms with Gasteiger partial charge in [0.1, 0.15) is 43.1 Å². The summed E-state index contributed by atoms with van der Waals surface area (Å²) in [5.41, 5.74) is 16.6.